The quantitative estimate of drug-likeness (QED) is 0.473. The molecule has 8 nitrogen and oxygen atoms in total. The summed E-state index contributed by atoms with van der Waals surface area (Å²) in [6.45, 7) is 3.80. The van der Waals surface area contributed by atoms with E-state index in [1.54, 1.807) is 12.1 Å². The highest BCUT2D eigenvalue weighted by Crippen LogP contribution is 2.42. The average Bonchev–Trinajstić information content (AvgIpc) is 3.30. The summed E-state index contributed by atoms with van der Waals surface area (Å²) in [6.07, 6.45) is 5.22. The largest absolute Gasteiger partial charge is 0.506 e. The highest BCUT2D eigenvalue weighted by molar-refractivity contribution is 7.89. The molecule has 0 spiro atoms. The Kier molecular flexibility index (Phi) is 5.42. The lowest BCUT2D eigenvalue weighted by Gasteiger charge is -2.20. The number of nitrogens with two attached hydrogens (primary N) is 1. The van der Waals surface area contributed by atoms with Crippen LogP contribution in [0.25, 0.3) is 17.0 Å². The third kappa shape index (κ3) is 4.13. The van der Waals surface area contributed by atoms with Gasteiger partial charge >= 0.3 is 0 Å². The number of phenols is 1. The smallest absolute Gasteiger partial charge is 0.258 e. The molecule has 0 radical (unpaired) electrons. The zero-order valence-electron chi connectivity index (χ0n) is 17.1. The first kappa shape index (κ1) is 20.6. The van der Waals surface area contributed by atoms with Gasteiger partial charge in [0.05, 0.1) is 11.4 Å². The number of nitrogens with zero attached hydrogens (tertiary/aromatic N) is 2. The number of nitrogen functional groups attached to an aromatic ring is 1. The fourth-order valence-electron chi connectivity index (χ4n) is 4.16. The molecule has 1 aromatic carbocycles. The SMILES string of the molecule is CC(C)CS(=O)(=O)N[C@H]1CCC2=C1CCC=C2c1noc(-c2ccc(O)c(N)c2)n1. The molecule has 0 bridgehead atoms. The minimum atomic E-state index is -3.32. The third-order valence-electron chi connectivity index (χ3n) is 5.39. The van der Waals surface area contributed by atoms with Gasteiger partial charge in [0.25, 0.3) is 5.89 Å². The van der Waals surface area contributed by atoms with Crippen LogP contribution in [0.5, 0.6) is 5.75 Å². The molecule has 0 saturated heterocycles. The number of anilines is 1. The number of aromatic nitrogens is 2. The molecule has 9 heteroatoms. The summed E-state index contributed by atoms with van der Waals surface area (Å²) in [5.41, 5.74) is 9.76. The van der Waals surface area contributed by atoms with Crippen molar-refractivity contribution < 1.29 is 18.0 Å². The Morgan fingerprint density at radius 1 is 1.33 bits per heavy atom. The van der Waals surface area contributed by atoms with Crippen LogP contribution in [0.15, 0.2) is 39.9 Å². The number of hydrogen-bond donors (Lipinski definition) is 3. The van der Waals surface area contributed by atoms with Gasteiger partial charge in [0.2, 0.25) is 15.8 Å². The molecule has 160 valence electrons. The number of rotatable bonds is 6. The summed E-state index contributed by atoms with van der Waals surface area (Å²) in [4.78, 5) is 4.52. The van der Waals surface area contributed by atoms with Crippen LogP contribution < -0.4 is 10.5 Å². The van der Waals surface area contributed by atoms with E-state index in [1.165, 1.54) is 6.07 Å². The van der Waals surface area contributed by atoms with Crippen molar-refractivity contribution in [3.8, 4) is 17.2 Å². The van der Waals surface area contributed by atoms with Gasteiger partial charge in [0.1, 0.15) is 5.75 Å². The highest BCUT2D eigenvalue weighted by Gasteiger charge is 2.33. The number of benzene rings is 1. The Bertz CT molecular complexity index is 1130. The van der Waals surface area contributed by atoms with E-state index in [-0.39, 0.29) is 29.1 Å². The van der Waals surface area contributed by atoms with Gasteiger partial charge in [-0.3, -0.25) is 0 Å². The first-order valence-electron chi connectivity index (χ1n) is 10.1. The van der Waals surface area contributed by atoms with Crippen molar-refractivity contribution in [2.24, 2.45) is 5.92 Å². The van der Waals surface area contributed by atoms with Crippen LogP contribution in [0.4, 0.5) is 5.69 Å². The third-order valence-corrected chi connectivity index (χ3v) is 7.14. The van der Waals surface area contributed by atoms with Crippen LogP contribution in [0.3, 0.4) is 0 Å². The number of hydrogen-bond acceptors (Lipinski definition) is 7. The lowest BCUT2D eigenvalue weighted by molar-refractivity contribution is 0.428. The zero-order valence-corrected chi connectivity index (χ0v) is 17.9. The van der Waals surface area contributed by atoms with Crippen molar-refractivity contribution >= 4 is 21.3 Å². The van der Waals surface area contributed by atoms with Gasteiger partial charge in [-0.15, -0.1) is 0 Å². The van der Waals surface area contributed by atoms with Gasteiger partial charge < -0.3 is 15.4 Å². The van der Waals surface area contributed by atoms with Crippen molar-refractivity contribution in [1.29, 1.82) is 0 Å². The average molecular weight is 431 g/mol. The molecule has 0 amide bonds. The van der Waals surface area contributed by atoms with E-state index in [0.717, 1.165) is 42.4 Å². The number of nitrogens with one attached hydrogen (secondary N) is 1. The fraction of sp³-hybridized carbons (Fsp3) is 0.429. The summed E-state index contributed by atoms with van der Waals surface area (Å²) in [7, 11) is -3.32. The van der Waals surface area contributed by atoms with Crippen molar-refractivity contribution in [3.05, 3.63) is 41.2 Å². The lowest BCUT2D eigenvalue weighted by Crippen LogP contribution is -2.37. The summed E-state index contributed by atoms with van der Waals surface area (Å²) in [5, 5.41) is 13.7. The lowest BCUT2D eigenvalue weighted by atomic mass is 9.91. The molecule has 0 fully saturated rings. The molecule has 0 unspecified atom stereocenters. The minimum Gasteiger partial charge on any atom is -0.506 e. The number of sulfonamides is 1. The Morgan fingerprint density at radius 2 is 2.13 bits per heavy atom. The predicted molar refractivity (Wildman–Crippen MR) is 115 cm³/mol. The van der Waals surface area contributed by atoms with Crippen LogP contribution in [0.2, 0.25) is 0 Å². The molecule has 2 aliphatic rings. The van der Waals surface area contributed by atoms with Crippen LogP contribution >= 0.6 is 0 Å². The molecule has 1 aromatic heterocycles. The van der Waals surface area contributed by atoms with E-state index in [0.29, 0.717) is 17.3 Å². The fourth-order valence-corrected chi connectivity index (χ4v) is 5.83. The molecule has 1 atom stereocenters. The Hall–Kier alpha value is -2.65. The van der Waals surface area contributed by atoms with E-state index >= 15 is 0 Å². The molecule has 2 aromatic rings. The first-order chi connectivity index (χ1) is 14.2. The molecule has 0 aliphatic heterocycles. The topological polar surface area (TPSA) is 131 Å². The van der Waals surface area contributed by atoms with E-state index in [9.17, 15) is 13.5 Å². The standard InChI is InChI=1S/C21H26N4O4S/c1-12(2)11-30(27,28)25-18-8-7-14-15(18)4-3-5-16(14)20-23-21(29-24-20)13-6-9-19(26)17(22)10-13/h5-6,9-10,12,18,25-26H,3-4,7-8,11,22H2,1-2H3/t18-/m0/s1. The second-order valence-corrected chi connectivity index (χ2v) is 10.0. The van der Waals surface area contributed by atoms with Crippen molar-refractivity contribution in [2.75, 3.05) is 11.5 Å². The Balaban J connectivity index is 1.58. The van der Waals surface area contributed by atoms with Crippen LogP contribution in [0, 0.1) is 5.92 Å². The molecule has 4 N–H and O–H groups in total. The molecule has 1 heterocycles. The van der Waals surface area contributed by atoms with Crippen LogP contribution in [0.1, 0.15) is 45.4 Å². The molecule has 2 aliphatic carbocycles. The zero-order chi connectivity index (χ0) is 21.5. The maximum Gasteiger partial charge on any atom is 0.258 e. The van der Waals surface area contributed by atoms with Gasteiger partial charge in [0.15, 0.2) is 0 Å². The molecule has 30 heavy (non-hydrogen) atoms. The van der Waals surface area contributed by atoms with Crippen molar-refractivity contribution in [1.82, 2.24) is 14.9 Å². The van der Waals surface area contributed by atoms with Gasteiger partial charge in [0, 0.05) is 17.2 Å². The predicted octanol–water partition coefficient (Wildman–Crippen LogP) is 3.24. The number of allylic oxidation sites excluding steroid dienone is 3. The van der Waals surface area contributed by atoms with Crippen LogP contribution in [-0.4, -0.2) is 35.5 Å². The molecular weight excluding hydrogens is 404 g/mol. The van der Waals surface area contributed by atoms with Crippen molar-refractivity contribution in [2.45, 2.75) is 45.6 Å². The van der Waals surface area contributed by atoms with Gasteiger partial charge in [-0.2, -0.15) is 4.98 Å². The van der Waals surface area contributed by atoms with Crippen LogP contribution in [-0.2, 0) is 10.0 Å². The van der Waals surface area contributed by atoms with Gasteiger partial charge in [-0.05, 0) is 60.9 Å². The second-order valence-electron chi connectivity index (χ2n) is 8.24. The summed E-state index contributed by atoms with van der Waals surface area (Å²) in [6, 6.07) is 4.57. The minimum absolute atomic E-state index is 0.000177. The normalized spacial score (nSPS) is 19.3. The van der Waals surface area contributed by atoms with E-state index in [4.69, 9.17) is 10.3 Å². The van der Waals surface area contributed by atoms with E-state index in [2.05, 4.69) is 20.9 Å². The highest BCUT2D eigenvalue weighted by atomic mass is 32.2. The molecular formula is C21H26N4O4S. The van der Waals surface area contributed by atoms with E-state index in [1.807, 2.05) is 13.8 Å². The Labute approximate surface area is 175 Å². The summed E-state index contributed by atoms with van der Waals surface area (Å²) in [5.74, 6) is 0.997. The van der Waals surface area contributed by atoms with Gasteiger partial charge in [-0.1, -0.05) is 25.1 Å². The first-order valence-corrected chi connectivity index (χ1v) is 11.7. The maximum atomic E-state index is 12.4. The van der Waals surface area contributed by atoms with Crippen molar-refractivity contribution in [3.63, 3.8) is 0 Å². The summed E-state index contributed by atoms with van der Waals surface area (Å²) < 4.78 is 33.1. The number of aromatic hydroxyl groups is 1. The monoisotopic (exact) mass is 430 g/mol. The Morgan fingerprint density at radius 3 is 2.87 bits per heavy atom. The second kappa shape index (κ2) is 7.88. The summed E-state index contributed by atoms with van der Waals surface area (Å²) >= 11 is 0. The molecule has 0 saturated carbocycles. The maximum absolute atomic E-state index is 12.4. The molecule has 4 rings (SSSR count). The number of phenolic OH excluding ortho intramolecular Hbond substituents is 1. The van der Waals surface area contributed by atoms with E-state index < -0.39 is 10.0 Å². The van der Waals surface area contributed by atoms with Gasteiger partial charge in [-0.25, -0.2) is 13.1 Å².